The SMILES string of the molecule is CCNC(c1ncc(C)cn1)c1cc2cc(C)ccc2o1. The second-order valence-corrected chi connectivity index (χ2v) is 5.30. The van der Waals surface area contributed by atoms with Gasteiger partial charge in [-0.3, -0.25) is 0 Å². The summed E-state index contributed by atoms with van der Waals surface area (Å²) in [5, 5.41) is 4.50. The number of aryl methyl sites for hydroxylation is 2. The van der Waals surface area contributed by atoms with Crippen molar-refractivity contribution >= 4 is 11.0 Å². The molecule has 0 aliphatic rings. The quantitative estimate of drug-likeness (QED) is 0.794. The van der Waals surface area contributed by atoms with Gasteiger partial charge in [0.25, 0.3) is 0 Å². The van der Waals surface area contributed by atoms with Crippen molar-refractivity contribution in [2.45, 2.75) is 26.8 Å². The Bertz CT molecular complexity index is 746. The monoisotopic (exact) mass is 281 g/mol. The lowest BCUT2D eigenvalue weighted by Crippen LogP contribution is -2.23. The van der Waals surface area contributed by atoms with Crippen molar-refractivity contribution in [1.82, 2.24) is 15.3 Å². The minimum absolute atomic E-state index is 0.122. The van der Waals surface area contributed by atoms with E-state index in [0.717, 1.165) is 34.7 Å². The molecule has 0 spiro atoms. The maximum Gasteiger partial charge on any atom is 0.152 e. The third-order valence-corrected chi connectivity index (χ3v) is 3.44. The number of rotatable bonds is 4. The number of benzene rings is 1. The summed E-state index contributed by atoms with van der Waals surface area (Å²) in [5.74, 6) is 1.58. The Kier molecular flexibility index (Phi) is 3.71. The Hall–Kier alpha value is -2.20. The van der Waals surface area contributed by atoms with Gasteiger partial charge in [0.15, 0.2) is 5.82 Å². The van der Waals surface area contributed by atoms with Crippen molar-refractivity contribution in [2.75, 3.05) is 6.54 Å². The molecule has 3 aromatic rings. The summed E-state index contributed by atoms with van der Waals surface area (Å²) >= 11 is 0. The van der Waals surface area contributed by atoms with Crippen LogP contribution in [0.3, 0.4) is 0 Å². The van der Waals surface area contributed by atoms with Gasteiger partial charge in [0, 0.05) is 17.8 Å². The Labute approximate surface area is 124 Å². The maximum atomic E-state index is 5.98. The van der Waals surface area contributed by atoms with Crippen LogP contribution in [0.4, 0.5) is 0 Å². The number of nitrogens with zero attached hydrogens (tertiary/aromatic N) is 2. The highest BCUT2D eigenvalue weighted by Gasteiger charge is 2.20. The van der Waals surface area contributed by atoms with E-state index < -0.39 is 0 Å². The molecular formula is C17H19N3O. The highest BCUT2D eigenvalue weighted by molar-refractivity contribution is 5.78. The molecule has 1 N–H and O–H groups in total. The summed E-state index contributed by atoms with van der Waals surface area (Å²) < 4.78 is 5.98. The van der Waals surface area contributed by atoms with Gasteiger partial charge in [-0.25, -0.2) is 9.97 Å². The van der Waals surface area contributed by atoms with Gasteiger partial charge in [-0.2, -0.15) is 0 Å². The van der Waals surface area contributed by atoms with E-state index in [-0.39, 0.29) is 6.04 Å². The predicted octanol–water partition coefficient (Wildman–Crippen LogP) is 3.54. The molecule has 1 unspecified atom stereocenters. The van der Waals surface area contributed by atoms with Gasteiger partial charge in [-0.15, -0.1) is 0 Å². The lowest BCUT2D eigenvalue weighted by molar-refractivity contribution is 0.463. The van der Waals surface area contributed by atoms with Crippen molar-refractivity contribution in [1.29, 1.82) is 0 Å². The highest BCUT2D eigenvalue weighted by atomic mass is 16.3. The first-order valence-electron chi connectivity index (χ1n) is 7.19. The first kappa shape index (κ1) is 13.8. The summed E-state index contributed by atoms with van der Waals surface area (Å²) in [6, 6.07) is 8.14. The number of aromatic nitrogens is 2. The molecule has 0 bridgehead atoms. The van der Waals surface area contributed by atoms with Gasteiger partial charge in [-0.05, 0) is 44.2 Å². The van der Waals surface area contributed by atoms with Gasteiger partial charge in [0.1, 0.15) is 17.4 Å². The third-order valence-electron chi connectivity index (χ3n) is 3.44. The van der Waals surface area contributed by atoms with Crippen LogP contribution in [0.1, 0.15) is 35.7 Å². The molecular weight excluding hydrogens is 262 g/mol. The molecule has 21 heavy (non-hydrogen) atoms. The fourth-order valence-corrected chi connectivity index (χ4v) is 2.40. The van der Waals surface area contributed by atoms with E-state index in [9.17, 15) is 0 Å². The minimum Gasteiger partial charge on any atom is -0.459 e. The zero-order valence-electron chi connectivity index (χ0n) is 12.6. The molecule has 2 aromatic heterocycles. The van der Waals surface area contributed by atoms with Crippen LogP contribution in [0.25, 0.3) is 11.0 Å². The van der Waals surface area contributed by atoms with E-state index in [4.69, 9.17) is 4.42 Å². The Balaban J connectivity index is 2.04. The normalized spacial score (nSPS) is 12.7. The number of hydrogen-bond acceptors (Lipinski definition) is 4. The molecule has 0 aliphatic carbocycles. The zero-order chi connectivity index (χ0) is 14.8. The lowest BCUT2D eigenvalue weighted by atomic mass is 10.1. The smallest absolute Gasteiger partial charge is 0.152 e. The van der Waals surface area contributed by atoms with Gasteiger partial charge in [0.2, 0.25) is 0 Å². The van der Waals surface area contributed by atoms with Crippen LogP contribution in [-0.2, 0) is 0 Å². The van der Waals surface area contributed by atoms with Crippen LogP contribution >= 0.6 is 0 Å². The van der Waals surface area contributed by atoms with Gasteiger partial charge in [0.05, 0.1) is 0 Å². The fourth-order valence-electron chi connectivity index (χ4n) is 2.40. The summed E-state index contributed by atoms with van der Waals surface area (Å²) in [6.07, 6.45) is 3.67. The van der Waals surface area contributed by atoms with Crippen molar-refractivity contribution in [2.24, 2.45) is 0 Å². The molecule has 0 saturated carbocycles. The molecule has 1 aromatic carbocycles. The molecule has 0 aliphatic heterocycles. The van der Waals surface area contributed by atoms with E-state index in [1.807, 2.05) is 25.4 Å². The zero-order valence-corrected chi connectivity index (χ0v) is 12.6. The summed E-state index contributed by atoms with van der Waals surface area (Å²) in [5.41, 5.74) is 3.17. The third kappa shape index (κ3) is 2.81. The van der Waals surface area contributed by atoms with Crippen LogP contribution in [0.15, 0.2) is 41.1 Å². The number of fused-ring (bicyclic) bond motifs is 1. The van der Waals surface area contributed by atoms with E-state index in [1.165, 1.54) is 5.56 Å². The van der Waals surface area contributed by atoms with Crippen LogP contribution in [0, 0.1) is 13.8 Å². The minimum atomic E-state index is -0.122. The average Bonchev–Trinajstić information content (AvgIpc) is 2.88. The molecule has 0 radical (unpaired) electrons. The molecule has 1 atom stereocenters. The Morgan fingerprint density at radius 3 is 2.57 bits per heavy atom. The first-order chi connectivity index (χ1) is 10.2. The van der Waals surface area contributed by atoms with Gasteiger partial charge < -0.3 is 9.73 Å². The Morgan fingerprint density at radius 1 is 1.10 bits per heavy atom. The van der Waals surface area contributed by atoms with Crippen LogP contribution in [0.5, 0.6) is 0 Å². The van der Waals surface area contributed by atoms with E-state index in [2.05, 4.69) is 47.3 Å². The van der Waals surface area contributed by atoms with E-state index >= 15 is 0 Å². The van der Waals surface area contributed by atoms with Crippen LogP contribution < -0.4 is 5.32 Å². The standard InChI is InChI=1S/C17H19N3O/c1-4-18-16(17-19-9-12(3)10-20-17)15-8-13-7-11(2)5-6-14(13)21-15/h5-10,16,18H,4H2,1-3H3. The molecule has 4 nitrogen and oxygen atoms in total. The van der Waals surface area contributed by atoms with E-state index in [0.29, 0.717) is 0 Å². The van der Waals surface area contributed by atoms with Crippen molar-refractivity contribution in [3.05, 3.63) is 59.4 Å². The second-order valence-electron chi connectivity index (χ2n) is 5.30. The van der Waals surface area contributed by atoms with Gasteiger partial charge >= 0.3 is 0 Å². The predicted molar refractivity (Wildman–Crippen MR) is 83.2 cm³/mol. The number of nitrogens with one attached hydrogen (secondary N) is 1. The van der Waals surface area contributed by atoms with Crippen LogP contribution in [0.2, 0.25) is 0 Å². The molecule has 4 heteroatoms. The van der Waals surface area contributed by atoms with Gasteiger partial charge in [-0.1, -0.05) is 18.6 Å². The van der Waals surface area contributed by atoms with E-state index in [1.54, 1.807) is 0 Å². The average molecular weight is 281 g/mol. The van der Waals surface area contributed by atoms with Crippen molar-refractivity contribution < 1.29 is 4.42 Å². The molecule has 0 amide bonds. The summed E-state index contributed by atoms with van der Waals surface area (Å²) in [6.45, 7) is 6.94. The lowest BCUT2D eigenvalue weighted by Gasteiger charge is -2.13. The second kappa shape index (κ2) is 5.66. The maximum absolute atomic E-state index is 5.98. The molecule has 0 saturated heterocycles. The summed E-state index contributed by atoms with van der Waals surface area (Å²) in [4.78, 5) is 8.86. The largest absolute Gasteiger partial charge is 0.459 e. The molecule has 0 fully saturated rings. The van der Waals surface area contributed by atoms with Crippen molar-refractivity contribution in [3.8, 4) is 0 Å². The highest BCUT2D eigenvalue weighted by Crippen LogP contribution is 2.27. The summed E-state index contributed by atoms with van der Waals surface area (Å²) in [7, 11) is 0. The molecule has 2 heterocycles. The Morgan fingerprint density at radius 2 is 1.86 bits per heavy atom. The van der Waals surface area contributed by atoms with Crippen LogP contribution in [-0.4, -0.2) is 16.5 Å². The fraction of sp³-hybridized carbons (Fsp3) is 0.294. The topological polar surface area (TPSA) is 51.0 Å². The first-order valence-corrected chi connectivity index (χ1v) is 7.19. The molecule has 108 valence electrons. The number of hydrogen-bond donors (Lipinski definition) is 1. The van der Waals surface area contributed by atoms with Crippen molar-refractivity contribution in [3.63, 3.8) is 0 Å². The molecule has 3 rings (SSSR count). The number of furan rings is 1.